The third-order valence-corrected chi connectivity index (χ3v) is 5.24. The van der Waals surface area contributed by atoms with E-state index in [0.717, 1.165) is 24.8 Å². The SMILES string of the molecule is CCCn1nc(C(=O)NCC2(c3cccc(Cl)c3)CCOCC2)ccc1=O. The van der Waals surface area contributed by atoms with Crippen LogP contribution in [-0.4, -0.2) is 35.4 Å². The first kappa shape index (κ1) is 19.6. The van der Waals surface area contributed by atoms with Gasteiger partial charge < -0.3 is 10.1 Å². The molecular formula is C20H24ClN3O3. The molecule has 1 amide bonds. The maximum atomic E-state index is 12.6. The number of benzene rings is 1. The second kappa shape index (κ2) is 8.67. The minimum atomic E-state index is -0.284. The second-order valence-corrected chi connectivity index (χ2v) is 7.30. The maximum absolute atomic E-state index is 12.6. The van der Waals surface area contributed by atoms with Crippen molar-refractivity contribution in [2.24, 2.45) is 0 Å². The minimum absolute atomic E-state index is 0.201. The zero-order chi connectivity index (χ0) is 19.3. The molecule has 3 rings (SSSR count). The van der Waals surface area contributed by atoms with Crippen LogP contribution in [-0.2, 0) is 16.7 Å². The third-order valence-electron chi connectivity index (χ3n) is 5.01. The van der Waals surface area contributed by atoms with Crippen molar-refractivity contribution in [3.63, 3.8) is 0 Å². The van der Waals surface area contributed by atoms with Crippen LogP contribution in [0.2, 0.25) is 5.02 Å². The quantitative estimate of drug-likeness (QED) is 0.824. The first-order chi connectivity index (χ1) is 13.0. The number of rotatable bonds is 6. The van der Waals surface area contributed by atoms with Crippen molar-refractivity contribution in [2.75, 3.05) is 19.8 Å². The molecule has 0 radical (unpaired) electrons. The van der Waals surface area contributed by atoms with E-state index >= 15 is 0 Å². The molecule has 0 atom stereocenters. The number of aromatic nitrogens is 2. The van der Waals surface area contributed by atoms with Crippen molar-refractivity contribution >= 4 is 17.5 Å². The van der Waals surface area contributed by atoms with Gasteiger partial charge in [-0.05, 0) is 43.0 Å². The fourth-order valence-electron chi connectivity index (χ4n) is 3.43. The van der Waals surface area contributed by atoms with Crippen molar-refractivity contribution < 1.29 is 9.53 Å². The average molecular weight is 390 g/mol. The van der Waals surface area contributed by atoms with Gasteiger partial charge in [0.1, 0.15) is 5.69 Å². The van der Waals surface area contributed by atoms with Gasteiger partial charge in [0, 0.05) is 42.8 Å². The highest BCUT2D eigenvalue weighted by Crippen LogP contribution is 2.35. The molecule has 0 spiro atoms. The minimum Gasteiger partial charge on any atom is -0.381 e. The smallest absolute Gasteiger partial charge is 0.271 e. The highest BCUT2D eigenvalue weighted by atomic mass is 35.5. The Balaban J connectivity index is 1.79. The van der Waals surface area contributed by atoms with E-state index < -0.39 is 0 Å². The van der Waals surface area contributed by atoms with Crippen LogP contribution in [0, 0.1) is 0 Å². The Kier molecular flexibility index (Phi) is 6.29. The predicted octanol–water partition coefficient (Wildman–Crippen LogP) is 2.78. The highest BCUT2D eigenvalue weighted by Gasteiger charge is 2.35. The lowest BCUT2D eigenvalue weighted by atomic mass is 9.74. The number of carbonyl (C=O) groups is 1. The molecular weight excluding hydrogens is 366 g/mol. The number of hydrogen-bond acceptors (Lipinski definition) is 4. The summed E-state index contributed by atoms with van der Waals surface area (Å²) in [6.45, 7) is 4.19. The Morgan fingerprint density at radius 2 is 2.07 bits per heavy atom. The standard InChI is InChI=1S/C20H24ClN3O3/c1-2-10-24-18(25)7-6-17(23-24)19(26)22-14-20(8-11-27-12-9-20)15-4-3-5-16(21)13-15/h3-7,13H,2,8-12,14H2,1H3,(H,22,26). The first-order valence-electron chi connectivity index (χ1n) is 9.24. The van der Waals surface area contributed by atoms with Crippen LogP contribution in [0.4, 0.5) is 0 Å². The molecule has 2 heterocycles. The van der Waals surface area contributed by atoms with Crippen molar-refractivity contribution in [3.05, 3.63) is 63.0 Å². The van der Waals surface area contributed by atoms with E-state index in [1.54, 1.807) is 0 Å². The number of carbonyl (C=O) groups excluding carboxylic acids is 1. The van der Waals surface area contributed by atoms with Crippen LogP contribution < -0.4 is 10.9 Å². The zero-order valence-corrected chi connectivity index (χ0v) is 16.2. The van der Waals surface area contributed by atoms with E-state index in [1.165, 1.54) is 16.8 Å². The number of nitrogens with zero attached hydrogens (tertiary/aromatic N) is 2. The Morgan fingerprint density at radius 1 is 1.30 bits per heavy atom. The number of hydrogen-bond donors (Lipinski definition) is 1. The fraction of sp³-hybridized carbons (Fsp3) is 0.450. The molecule has 0 saturated carbocycles. The van der Waals surface area contributed by atoms with Gasteiger partial charge in [-0.1, -0.05) is 30.7 Å². The lowest BCUT2D eigenvalue weighted by Gasteiger charge is -2.38. The summed E-state index contributed by atoms with van der Waals surface area (Å²) in [5, 5.41) is 7.86. The third kappa shape index (κ3) is 4.57. The molecule has 1 aromatic heterocycles. The molecule has 7 heteroatoms. The van der Waals surface area contributed by atoms with E-state index in [4.69, 9.17) is 16.3 Å². The van der Waals surface area contributed by atoms with Gasteiger partial charge in [0.2, 0.25) is 0 Å². The highest BCUT2D eigenvalue weighted by molar-refractivity contribution is 6.30. The van der Waals surface area contributed by atoms with Gasteiger partial charge in [-0.2, -0.15) is 5.10 Å². The summed E-state index contributed by atoms with van der Waals surface area (Å²) in [6.07, 6.45) is 2.38. The van der Waals surface area contributed by atoms with E-state index in [9.17, 15) is 9.59 Å². The molecule has 1 N–H and O–H groups in total. The molecule has 6 nitrogen and oxygen atoms in total. The largest absolute Gasteiger partial charge is 0.381 e. The molecule has 1 aliphatic heterocycles. The summed E-state index contributed by atoms with van der Waals surface area (Å²) in [5.41, 5.74) is 0.920. The lowest BCUT2D eigenvalue weighted by Crippen LogP contribution is -2.45. The Bertz CT molecular complexity index is 860. The number of amides is 1. The molecule has 0 aliphatic carbocycles. The van der Waals surface area contributed by atoms with Gasteiger partial charge in [0.15, 0.2) is 0 Å². The summed E-state index contributed by atoms with van der Waals surface area (Å²) in [5.74, 6) is -0.284. The van der Waals surface area contributed by atoms with Gasteiger partial charge >= 0.3 is 0 Å². The molecule has 0 unspecified atom stereocenters. The van der Waals surface area contributed by atoms with Crippen LogP contribution in [0.1, 0.15) is 42.2 Å². The normalized spacial score (nSPS) is 16.1. The Morgan fingerprint density at radius 3 is 2.78 bits per heavy atom. The summed E-state index contributed by atoms with van der Waals surface area (Å²) in [7, 11) is 0. The molecule has 27 heavy (non-hydrogen) atoms. The molecule has 144 valence electrons. The summed E-state index contributed by atoms with van der Waals surface area (Å²) in [6, 6.07) is 10.6. The number of halogens is 1. The fourth-order valence-corrected chi connectivity index (χ4v) is 3.62. The van der Waals surface area contributed by atoms with Crippen molar-refractivity contribution in [3.8, 4) is 0 Å². The molecule has 1 aromatic carbocycles. The molecule has 1 aliphatic rings. The Labute approximate surface area is 163 Å². The van der Waals surface area contributed by atoms with Gasteiger partial charge in [0.25, 0.3) is 11.5 Å². The summed E-state index contributed by atoms with van der Waals surface area (Å²) in [4.78, 5) is 24.4. The van der Waals surface area contributed by atoms with Crippen molar-refractivity contribution in [1.29, 1.82) is 0 Å². The predicted molar refractivity (Wildman–Crippen MR) is 104 cm³/mol. The van der Waals surface area contributed by atoms with Crippen LogP contribution in [0.15, 0.2) is 41.2 Å². The first-order valence-corrected chi connectivity index (χ1v) is 9.62. The van der Waals surface area contributed by atoms with Gasteiger partial charge in [-0.15, -0.1) is 0 Å². The van der Waals surface area contributed by atoms with Gasteiger partial charge in [-0.25, -0.2) is 4.68 Å². The Hall–Kier alpha value is -2.18. The van der Waals surface area contributed by atoms with E-state index in [0.29, 0.717) is 31.3 Å². The van der Waals surface area contributed by atoms with Crippen LogP contribution in [0.3, 0.4) is 0 Å². The number of nitrogens with one attached hydrogen (secondary N) is 1. The monoisotopic (exact) mass is 389 g/mol. The van der Waals surface area contributed by atoms with Crippen LogP contribution >= 0.6 is 11.6 Å². The van der Waals surface area contributed by atoms with Crippen molar-refractivity contribution in [2.45, 2.75) is 38.1 Å². The van der Waals surface area contributed by atoms with Crippen LogP contribution in [0.25, 0.3) is 0 Å². The molecule has 1 fully saturated rings. The van der Waals surface area contributed by atoms with Crippen LogP contribution in [0.5, 0.6) is 0 Å². The molecule has 0 bridgehead atoms. The summed E-state index contributed by atoms with van der Waals surface area (Å²) < 4.78 is 6.86. The second-order valence-electron chi connectivity index (χ2n) is 6.87. The molecule has 1 saturated heterocycles. The number of ether oxygens (including phenoxy) is 1. The van der Waals surface area contributed by atoms with Gasteiger partial charge in [0.05, 0.1) is 0 Å². The summed E-state index contributed by atoms with van der Waals surface area (Å²) >= 11 is 6.19. The van der Waals surface area contributed by atoms with Crippen molar-refractivity contribution in [1.82, 2.24) is 15.1 Å². The van der Waals surface area contributed by atoms with E-state index in [1.807, 2.05) is 31.2 Å². The average Bonchev–Trinajstić information content (AvgIpc) is 2.69. The van der Waals surface area contributed by atoms with E-state index in [-0.39, 0.29) is 22.6 Å². The zero-order valence-electron chi connectivity index (χ0n) is 15.4. The van der Waals surface area contributed by atoms with E-state index in [2.05, 4.69) is 10.4 Å². The molecule has 2 aromatic rings. The maximum Gasteiger partial charge on any atom is 0.271 e. The topological polar surface area (TPSA) is 73.2 Å². The van der Waals surface area contributed by atoms with Gasteiger partial charge in [-0.3, -0.25) is 9.59 Å². The number of aryl methyl sites for hydroxylation is 1. The lowest BCUT2D eigenvalue weighted by molar-refractivity contribution is 0.0486.